The molecule has 0 amide bonds. The van der Waals surface area contributed by atoms with Crippen LogP contribution in [0.3, 0.4) is 0 Å². The number of nitrogens with two attached hydrogens (primary N) is 1. The summed E-state index contributed by atoms with van der Waals surface area (Å²) in [6.07, 6.45) is -3.01. The maximum Gasteiger partial charge on any atom is 0.259 e. The molecule has 1 aromatic rings. The predicted molar refractivity (Wildman–Crippen MR) is 50.1 cm³/mol. The number of hydrogen-bond acceptors (Lipinski definition) is 2. The normalized spacial score (nSPS) is 13.3. The molecule has 1 atom stereocenters. The van der Waals surface area contributed by atoms with Crippen molar-refractivity contribution in [1.82, 2.24) is 5.43 Å². The van der Waals surface area contributed by atoms with Crippen LogP contribution >= 0.6 is 15.9 Å². The molecule has 0 heterocycles. The summed E-state index contributed by atoms with van der Waals surface area (Å²) >= 11 is 2.77. The number of rotatable bonds is 3. The first kappa shape index (κ1) is 12.4. The monoisotopic (exact) mass is 286 g/mol. The van der Waals surface area contributed by atoms with Gasteiger partial charge in [-0.3, -0.25) is 5.84 Å². The van der Waals surface area contributed by atoms with Crippen molar-refractivity contribution in [3.05, 3.63) is 33.8 Å². The lowest BCUT2D eigenvalue weighted by Crippen LogP contribution is -2.34. The third-order valence-electron chi connectivity index (χ3n) is 1.82. The molecular weight excluding hydrogens is 280 g/mol. The highest BCUT2D eigenvalue weighted by Crippen LogP contribution is 2.29. The van der Waals surface area contributed by atoms with Crippen LogP contribution < -0.4 is 11.3 Å². The van der Waals surface area contributed by atoms with Crippen LogP contribution in [0.4, 0.5) is 17.6 Å². The Morgan fingerprint density at radius 3 is 2.33 bits per heavy atom. The van der Waals surface area contributed by atoms with E-state index in [-0.39, 0.29) is 4.47 Å². The molecular formula is C8H7BrF4N2. The van der Waals surface area contributed by atoms with Gasteiger partial charge in [-0.05, 0) is 28.1 Å². The Hall–Kier alpha value is -0.660. The van der Waals surface area contributed by atoms with Gasteiger partial charge in [0.2, 0.25) is 0 Å². The lowest BCUT2D eigenvalue weighted by Gasteiger charge is -2.17. The van der Waals surface area contributed by atoms with Gasteiger partial charge in [0.15, 0.2) is 0 Å². The van der Waals surface area contributed by atoms with Crippen molar-refractivity contribution >= 4 is 15.9 Å². The molecule has 0 bridgehead atoms. The molecule has 0 aliphatic carbocycles. The van der Waals surface area contributed by atoms with Gasteiger partial charge in [-0.1, -0.05) is 0 Å². The summed E-state index contributed by atoms with van der Waals surface area (Å²) in [5, 5.41) is 0. The van der Waals surface area contributed by atoms with Crippen molar-refractivity contribution in [2.24, 2.45) is 5.84 Å². The van der Waals surface area contributed by atoms with Crippen LogP contribution in [0.5, 0.6) is 0 Å². The zero-order valence-corrected chi connectivity index (χ0v) is 8.86. The number of halogens is 5. The largest absolute Gasteiger partial charge is 0.271 e. The SMILES string of the molecule is NNC(c1c(F)ccc(Br)c1F)C(F)F. The molecule has 7 heteroatoms. The van der Waals surface area contributed by atoms with Gasteiger partial charge in [0.05, 0.1) is 4.47 Å². The number of benzene rings is 1. The van der Waals surface area contributed by atoms with Crippen molar-refractivity contribution in [3.63, 3.8) is 0 Å². The van der Waals surface area contributed by atoms with E-state index in [1.54, 1.807) is 5.43 Å². The van der Waals surface area contributed by atoms with Crippen LogP contribution in [0.15, 0.2) is 16.6 Å². The van der Waals surface area contributed by atoms with Gasteiger partial charge in [0.25, 0.3) is 6.43 Å². The van der Waals surface area contributed by atoms with Gasteiger partial charge in [0.1, 0.15) is 17.7 Å². The minimum Gasteiger partial charge on any atom is -0.271 e. The zero-order chi connectivity index (χ0) is 11.6. The molecule has 0 fully saturated rings. The summed E-state index contributed by atoms with van der Waals surface area (Å²) < 4.78 is 51.2. The van der Waals surface area contributed by atoms with Crippen LogP contribution in [0, 0.1) is 11.6 Å². The van der Waals surface area contributed by atoms with E-state index in [4.69, 9.17) is 5.84 Å². The molecule has 0 aliphatic rings. The fraction of sp³-hybridized carbons (Fsp3) is 0.250. The Bertz CT molecular complexity index is 359. The van der Waals surface area contributed by atoms with Gasteiger partial charge in [0, 0.05) is 5.56 Å². The summed E-state index contributed by atoms with van der Waals surface area (Å²) in [5.41, 5.74) is 0.900. The van der Waals surface area contributed by atoms with Gasteiger partial charge in [-0.2, -0.15) is 0 Å². The fourth-order valence-corrected chi connectivity index (χ4v) is 1.46. The second kappa shape index (κ2) is 4.91. The lowest BCUT2D eigenvalue weighted by molar-refractivity contribution is 0.0949. The summed E-state index contributed by atoms with van der Waals surface area (Å²) in [5.74, 6) is 2.66. The van der Waals surface area contributed by atoms with Crippen LogP contribution in [0.1, 0.15) is 11.6 Å². The van der Waals surface area contributed by atoms with Gasteiger partial charge >= 0.3 is 0 Å². The summed E-state index contributed by atoms with van der Waals surface area (Å²) in [4.78, 5) is 0. The standard InChI is InChI=1S/C8H7BrF4N2/c9-3-1-2-4(10)5(6(3)11)7(15-14)8(12)13/h1-2,7-8,15H,14H2. The highest BCUT2D eigenvalue weighted by Gasteiger charge is 2.28. The zero-order valence-electron chi connectivity index (χ0n) is 7.28. The molecule has 0 spiro atoms. The number of hydrazine groups is 1. The molecule has 0 saturated carbocycles. The first-order valence-electron chi connectivity index (χ1n) is 3.86. The molecule has 0 radical (unpaired) electrons. The topological polar surface area (TPSA) is 38.0 Å². The van der Waals surface area contributed by atoms with Crippen molar-refractivity contribution in [1.29, 1.82) is 0 Å². The summed E-state index contributed by atoms with van der Waals surface area (Å²) in [6, 6.07) is 0.102. The van der Waals surface area contributed by atoms with Crippen LogP contribution in [-0.4, -0.2) is 6.43 Å². The van der Waals surface area contributed by atoms with E-state index in [0.29, 0.717) is 0 Å². The molecule has 0 saturated heterocycles. The van der Waals surface area contributed by atoms with E-state index < -0.39 is 29.7 Å². The van der Waals surface area contributed by atoms with Crippen molar-refractivity contribution < 1.29 is 17.6 Å². The fourth-order valence-electron chi connectivity index (χ4n) is 1.11. The Morgan fingerprint density at radius 1 is 1.27 bits per heavy atom. The van der Waals surface area contributed by atoms with Gasteiger partial charge in [-0.15, -0.1) is 0 Å². The molecule has 1 aromatic carbocycles. The van der Waals surface area contributed by atoms with Crippen molar-refractivity contribution in [2.75, 3.05) is 0 Å². The van der Waals surface area contributed by atoms with E-state index in [1.165, 1.54) is 0 Å². The maximum atomic E-state index is 13.3. The molecule has 3 N–H and O–H groups in total. The van der Waals surface area contributed by atoms with E-state index in [2.05, 4.69) is 15.9 Å². The van der Waals surface area contributed by atoms with Gasteiger partial charge in [-0.25, -0.2) is 23.0 Å². The van der Waals surface area contributed by atoms with E-state index >= 15 is 0 Å². The van der Waals surface area contributed by atoms with Crippen LogP contribution in [-0.2, 0) is 0 Å². The second-order valence-electron chi connectivity index (χ2n) is 2.74. The average molecular weight is 287 g/mol. The van der Waals surface area contributed by atoms with Crippen molar-refractivity contribution in [2.45, 2.75) is 12.5 Å². The van der Waals surface area contributed by atoms with Crippen LogP contribution in [0.25, 0.3) is 0 Å². The van der Waals surface area contributed by atoms with E-state index in [9.17, 15) is 17.6 Å². The molecule has 1 rings (SSSR count). The highest BCUT2D eigenvalue weighted by molar-refractivity contribution is 9.10. The number of alkyl halides is 2. The quantitative estimate of drug-likeness (QED) is 0.388. The first-order chi connectivity index (χ1) is 6.99. The second-order valence-corrected chi connectivity index (χ2v) is 3.59. The number of nitrogens with one attached hydrogen (secondary N) is 1. The lowest BCUT2D eigenvalue weighted by atomic mass is 10.1. The molecule has 0 aromatic heterocycles. The first-order valence-corrected chi connectivity index (χ1v) is 4.66. The Balaban J connectivity index is 3.27. The minimum atomic E-state index is -3.01. The van der Waals surface area contributed by atoms with E-state index in [0.717, 1.165) is 12.1 Å². The summed E-state index contributed by atoms with van der Waals surface area (Å²) in [7, 11) is 0. The third-order valence-corrected chi connectivity index (χ3v) is 2.43. The summed E-state index contributed by atoms with van der Waals surface area (Å²) in [6.45, 7) is 0. The van der Waals surface area contributed by atoms with E-state index in [1.807, 2.05) is 0 Å². The minimum absolute atomic E-state index is 0.0974. The highest BCUT2D eigenvalue weighted by atomic mass is 79.9. The molecule has 1 unspecified atom stereocenters. The molecule has 84 valence electrons. The van der Waals surface area contributed by atoms with Crippen LogP contribution in [0.2, 0.25) is 0 Å². The molecule has 0 aliphatic heterocycles. The Labute approximate surface area is 91.6 Å². The third kappa shape index (κ3) is 2.47. The number of hydrogen-bond donors (Lipinski definition) is 2. The van der Waals surface area contributed by atoms with Crippen molar-refractivity contribution in [3.8, 4) is 0 Å². The molecule has 2 nitrogen and oxygen atoms in total. The maximum absolute atomic E-state index is 13.3. The smallest absolute Gasteiger partial charge is 0.259 e. The molecule has 15 heavy (non-hydrogen) atoms. The Kier molecular flexibility index (Phi) is 4.06. The van der Waals surface area contributed by atoms with Gasteiger partial charge < -0.3 is 0 Å². The predicted octanol–water partition coefficient (Wildman–Crippen LogP) is 2.50. The average Bonchev–Trinajstić information content (AvgIpc) is 2.18. The Morgan fingerprint density at radius 2 is 1.87 bits per heavy atom.